The predicted octanol–water partition coefficient (Wildman–Crippen LogP) is 3.39. The third-order valence-electron chi connectivity index (χ3n) is 2.90. The van der Waals surface area contributed by atoms with Crippen LogP contribution in [0.2, 0.25) is 0 Å². The Morgan fingerprint density at radius 1 is 1.39 bits per heavy atom. The van der Waals surface area contributed by atoms with Crippen LogP contribution in [0.3, 0.4) is 0 Å². The first-order valence-electron chi connectivity index (χ1n) is 6.98. The molecule has 0 aromatic heterocycles. The van der Waals surface area contributed by atoms with Gasteiger partial charge in [-0.05, 0) is 50.2 Å². The number of thioether (sulfide) groups is 1. The van der Waals surface area contributed by atoms with Crippen molar-refractivity contribution in [2.75, 3.05) is 18.1 Å². The summed E-state index contributed by atoms with van der Waals surface area (Å²) in [5.74, 6) is 2.35. The van der Waals surface area contributed by atoms with Gasteiger partial charge in [-0.1, -0.05) is 27.2 Å². The minimum absolute atomic E-state index is 0.713. The Bertz CT molecular complexity index is 234. The van der Waals surface area contributed by atoms with Gasteiger partial charge in [-0.25, -0.2) is 0 Å². The Morgan fingerprint density at radius 2 is 2.06 bits per heavy atom. The summed E-state index contributed by atoms with van der Waals surface area (Å²) in [6.45, 7) is 9.07. The average molecular weight is 275 g/mol. The number of hydrogen-bond donors (Lipinski definition) is 2. The first kappa shape index (κ1) is 17.8. The quantitative estimate of drug-likeness (QED) is 0.568. The van der Waals surface area contributed by atoms with Gasteiger partial charge in [-0.15, -0.1) is 0 Å². The van der Waals surface area contributed by atoms with E-state index >= 15 is 0 Å². The SMILES string of the molecule is CCCNC(C)(CCCCSCC(C)C)C(=O)O. The molecule has 0 aliphatic rings. The molecule has 1 atom stereocenters. The fraction of sp³-hybridized carbons (Fsp3) is 0.929. The molecule has 18 heavy (non-hydrogen) atoms. The van der Waals surface area contributed by atoms with Crippen molar-refractivity contribution in [3.8, 4) is 0 Å². The fourth-order valence-electron chi connectivity index (χ4n) is 1.67. The lowest BCUT2D eigenvalue weighted by molar-refractivity contribution is -0.144. The summed E-state index contributed by atoms with van der Waals surface area (Å²) in [5.41, 5.74) is -0.751. The zero-order chi connectivity index (χ0) is 14.0. The molecule has 0 radical (unpaired) electrons. The van der Waals surface area contributed by atoms with Gasteiger partial charge in [0.1, 0.15) is 5.54 Å². The number of carbonyl (C=O) groups is 1. The minimum atomic E-state index is -0.751. The third kappa shape index (κ3) is 7.98. The van der Waals surface area contributed by atoms with Gasteiger partial charge >= 0.3 is 5.97 Å². The van der Waals surface area contributed by atoms with E-state index < -0.39 is 11.5 Å². The number of rotatable bonds is 11. The van der Waals surface area contributed by atoms with Gasteiger partial charge in [0, 0.05) is 0 Å². The maximum atomic E-state index is 11.3. The van der Waals surface area contributed by atoms with E-state index in [1.807, 2.05) is 11.8 Å². The molecule has 4 heteroatoms. The van der Waals surface area contributed by atoms with E-state index in [4.69, 9.17) is 0 Å². The molecule has 1 unspecified atom stereocenters. The molecule has 0 saturated heterocycles. The van der Waals surface area contributed by atoms with Crippen LogP contribution in [0.4, 0.5) is 0 Å². The van der Waals surface area contributed by atoms with Crippen LogP contribution < -0.4 is 5.32 Å². The summed E-state index contributed by atoms with van der Waals surface area (Å²) < 4.78 is 0. The smallest absolute Gasteiger partial charge is 0.323 e. The molecule has 0 rings (SSSR count). The highest BCUT2D eigenvalue weighted by Crippen LogP contribution is 2.17. The van der Waals surface area contributed by atoms with Crippen LogP contribution in [0.5, 0.6) is 0 Å². The van der Waals surface area contributed by atoms with Crippen LogP contribution in [0.15, 0.2) is 0 Å². The fourth-order valence-corrected chi connectivity index (χ4v) is 2.72. The van der Waals surface area contributed by atoms with Gasteiger partial charge in [0.15, 0.2) is 0 Å². The van der Waals surface area contributed by atoms with Crippen molar-refractivity contribution >= 4 is 17.7 Å². The van der Waals surface area contributed by atoms with Crippen molar-refractivity contribution in [2.24, 2.45) is 5.92 Å². The Labute approximate surface area is 116 Å². The maximum absolute atomic E-state index is 11.3. The highest BCUT2D eigenvalue weighted by molar-refractivity contribution is 7.99. The maximum Gasteiger partial charge on any atom is 0.323 e. The van der Waals surface area contributed by atoms with Crippen molar-refractivity contribution in [2.45, 2.75) is 58.9 Å². The average Bonchev–Trinajstić information content (AvgIpc) is 2.30. The molecule has 0 aliphatic heterocycles. The van der Waals surface area contributed by atoms with Crippen molar-refractivity contribution in [1.82, 2.24) is 5.32 Å². The first-order chi connectivity index (χ1) is 8.42. The van der Waals surface area contributed by atoms with E-state index in [9.17, 15) is 9.90 Å². The van der Waals surface area contributed by atoms with Crippen LogP contribution in [0.25, 0.3) is 0 Å². The van der Waals surface area contributed by atoms with Crippen molar-refractivity contribution in [3.05, 3.63) is 0 Å². The number of carboxylic acid groups (broad SMARTS) is 1. The van der Waals surface area contributed by atoms with E-state index in [0.717, 1.165) is 37.5 Å². The molecule has 0 heterocycles. The van der Waals surface area contributed by atoms with E-state index in [0.29, 0.717) is 6.42 Å². The Hall–Kier alpha value is -0.220. The lowest BCUT2D eigenvalue weighted by Crippen LogP contribution is -2.49. The molecule has 0 amide bonds. The minimum Gasteiger partial charge on any atom is -0.480 e. The van der Waals surface area contributed by atoms with Crippen LogP contribution >= 0.6 is 11.8 Å². The molecule has 0 saturated carbocycles. The summed E-state index contributed by atoms with van der Waals surface area (Å²) in [5, 5.41) is 12.4. The van der Waals surface area contributed by atoms with E-state index in [-0.39, 0.29) is 0 Å². The van der Waals surface area contributed by atoms with E-state index in [2.05, 4.69) is 26.1 Å². The van der Waals surface area contributed by atoms with Gasteiger partial charge in [0.05, 0.1) is 0 Å². The second-order valence-corrected chi connectivity index (χ2v) is 6.64. The number of unbranched alkanes of at least 4 members (excludes halogenated alkanes) is 1. The van der Waals surface area contributed by atoms with Crippen molar-refractivity contribution < 1.29 is 9.90 Å². The lowest BCUT2D eigenvalue weighted by atomic mass is 9.95. The second-order valence-electron chi connectivity index (χ2n) is 5.49. The molecule has 0 fully saturated rings. The monoisotopic (exact) mass is 275 g/mol. The molecule has 2 N–H and O–H groups in total. The Morgan fingerprint density at radius 3 is 2.56 bits per heavy atom. The molecule has 0 aromatic carbocycles. The van der Waals surface area contributed by atoms with Crippen LogP contribution in [0, 0.1) is 5.92 Å². The predicted molar refractivity (Wildman–Crippen MR) is 80.3 cm³/mol. The topological polar surface area (TPSA) is 49.3 Å². The summed E-state index contributed by atoms with van der Waals surface area (Å²) in [7, 11) is 0. The molecule has 3 nitrogen and oxygen atoms in total. The Balaban J connectivity index is 3.80. The summed E-state index contributed by atoms with van der Waals surface area (Å²) >= 11 is 1.97. The van der Waals surface area contributed by atoms with Gasteiger partial charge < -0.3 is 10.4 Å². The summed E-state index contributed by atoms with van der Waals surface area (Å²) in [6, 6.07) is 0. The van der Waals surface area contributed by atoms with E-state index in [1.54, 1.807) is 6.92 Å². The van der Waals surface area contributed by atoms with Crippen molar-refractivity contribution in [1.29, 1.82) is 0 Å². The largest absolute Gasteiger partial charge is 0.480 e. The second kappa shape index (κ2) is 9.68. The number of aliphatic carboxylic acids is 1. The number of nitrogens with one attached hydrogen (secondary N) is 1. The first-order valence-corrected chi connectivity index (χ1v) is 8.14. The Kier molecular flexibility index (Phi) is 9.56. The zero-order valence-corrected chi connectivity index (χ0v) is 13.1. The molecule has 0 aromatic rings. The van der Waals surface area contributed by atoms with Crippen LogP contribution in [-0.2, 0) is 4.79 Å². The third-order valence-corrected chi connectivity index (χ3v) is 4.38. The normalized spacial score (nSPS) is 14.7. The zero-order valence-electron chi connectivity index (χ0n) is 12.3. The number of carboxylic acids is 1. The summed E-state index contributed by atoms with van der Waals surface area (Å²) in [6.07, 6.45) is 3.76. The van der Waals surface area contributed by atoms with Gasteiger partial charge in [0.25, 0.3) is 0 Å². The van der Waals surface area contributed by atoms with Gasteiger partial charge in [0.2, 0.25) is 0 Å². The highest BCUT2D eigenvalue weighted by atomic mass is 32.2. The molecular weight excluding hydrogens is 246 g/mol. The standard InChI is InChI=1S/C14H29NO2S/c1-5-9-15-14(4,13(16)17)8-6-7-10-18-11-12(2)3/h12,15H,5-11H2,1-4H3,(H,16,17). The highest BCUT2D eigenvalue weighted by Gasteiger charge is 2.31. The molecule has 0 bridgehead atoms. The molecule has 108 valence electrons. The molecule has 0 spiro atoms. The van der Waals surface area contributed by atoms with Crippen molar-refractivity contribution in [3.63, 3.8) is 0 Å². The number of hydrogen-bond acceptors (Lipinski definition) is 3. The van der Waals surface area contributed by atoms with Gasteiger partial charge in [-0.3, -0.25) is 4.79 Å². The molecule has 0 aliphatic carbocycles. The lowest BCUT2D eigenvalue weighted by Gasteiger charge is -2.26. The van der Waals surface area contributed by atoms with Crippen LogP contribution in [0.1, 0.15) is 53.4 Å². The summed E-state index contributed by atoms with van der Waals surface area (Å²) in [4.78, 5) is 11.3. The van der Waals surface area contributed by atoms with E-state index in [1.165, 1.54) is 5.75 Å². The van der Waals surface area contributed by atoms with Crippen LogP contribution in [-0.4, -0.2) is 34.7 Å². The molecular formula is C14H29NO2S. The van der Waals surface area contributed by atoms with Gasteiger partial charge in [-0.2, -0.15) is 11.8 Å².